The van der Waals surface area contributed by atoms with Crippen molar-refractivity contribution in [2.45, 2.75) is 0 Å². The number of hydrazone groups is 1. The number of hydrogen-bond donors (Lipinski definition) is 1. The Hall–Kier alpha value is -3.85. The highest BCUT2D eigenvalue weighted by Gasteiger charge is 2.18. The van der Waals surface area contributed by atoms with Gasteiger partial charge in [-0.2, -0.15) is 5.10 Å². The van der Waals surface area contributed by atoms with Crippen molar-refractivity contribution in [3.8, 4) is 5.75 Å². The summed E-state index contributed by atoms with van der Waals surface area (Å²) in [4.78, 5) is 34.6. The molecule has 1 N–H and O–H groups in total. The summed E-state index contributed by atoms with van der Waals surface area (Å²) >= 11 is 3.30. The summed E-state index contributed by atoms with van der Waals surface area (Å²) in [5.74, 6) is -0.830. The minimum Gasteiger partial charge on any atom is -0.423 e. The minimum absolute atomic E-state index is 0.0881. The van der Waals surface area contributed by atoms with Gasteiger partial charge in [-0.15, -0.1) is 0 Å². The molecule has 0 fully saturated rings. The number of ether oxygens (including phenoxy) is 1. The Morgan fingerprint density at radius 1 is 1.00 bits per heavy atom. The number of para-hydroxylation sites is 1. The first kappa shape index (κ1) is 20.9. The summed E-state index contributed by atoms with van der Waals surface area (Å²) in [5, 5.41) is 14.8. The first-order valence-electron chi connectivity index (χ1n) is 8.58. The van der Waals surface area contributed by atoms with Crippen molar-refractivity contribution >= 4 is 39.7 Å². The molecule has 0 unspecified atom stereocenters. The van der Waals surface area contributed by atoms with Crippen molar-refractivity contribution in [3.63, 3.8) is 0 Å². The molecule has 0 heterocycles. The monoisotopic (exact) mass is 467 g/mol. The quantitative estimate of drug-likeness (QED) is 0.190. The highest BCUT2D eigenvalue weighted by atomic mass is 79.9. The number of nitrogens with zero attached hydrogens (tertiary/aromatic N) is 2. The molecule has 0 aliphatic carbocycles. The van der Waals surface area contributed by atoms with E-state index in [1.54, 1.807) is 48.5 Å². The number of rotatable bonds is 6. The number of nitro benzene ring substituents is 1. The van der Waals surface area contributed by atoms with E-state index >= 15 is 0 Å². The standard InChI is InChI=1S/C21H14BrN3O5/c22-16-9-7-15(8-10-16)21(27)30-17-11-5-14(6-12-17)13-23-24-20(26)18-3-1-2-4-19(18)25(28)29/h1-13H,(H,24,26)/b23-13-. The molecule has 0 aromatic heterocycles. The van der Waals surface area contributed by atoms with Gasteiger partial charge in [0.1, 0.15) is 11.3 Å². The molecule has 8 nitrogen and oxygen atoms in total. The van der Waals surface area contributed by atoms with Gasteiger partial charge in [0.05, 0.1) is 16.7 Å². The van der Waals surface area contributed by atoms with E-state index in [4.69, 9.17) is 4.74 Å². The molecule has 0 atom stereocenters. The Kier molecular flexibility index (Phi) is 6.66. The Morgan fingerprint density at radius 2 is 1.67 bits per heavy atom. The Balaban J connectivity index is 1.60. The van der Waals surface area contributed by atoms with Crippen LogP contribution >= 0.6 is 15.9 Å². The van der Waals surface area contributed by atoms with Gasteiger partial charge in [0.25, 0.3) is 11.6 Å². The molecule has 0 aliphatic heterocycles. The highest BCUT2D eigenvalue weighted by Crippen LogP contribution is 2.18. The second-order valence-electron chi connectivity index (χ2n) is 5.94. The summed E-state index contributed by atoms with van der Waals surface area (Å²) in [7, 11) is 0. The topological polar surface area (TPSA) is 111 Å². The number of benzene rings is 3. The summed E-state index contributed by atoms with van der Waals surface area (Å²) in [6.45, 7) is 0. The fourth-order valence-corrected chi connectivity index (χ4v) is 2.69. The van der Waals surface area contributed by atoms with Gasteiger partial charge in [0, 0.05) is 10.5 Å². The average Bonchev–Trinajstić information content (AvgIpc) is 2.75. The maximum Gasteiger partial charge on any atom is 0.343 e. The maximum absolute atomic E-state index is 12.1. The van der Waals surface area contributed by atoms with Crippen molar-refractivity contribution in [2.75, 3.05) is 0 Å². The van der Waals surface area contributed by atoms with E-state index in [0.29, 0.717) is 16.9 Å². The first-order valence-corrected chi connectivity index (χ1v) is 9.38. The van der Waals surface area contributed by atoms with Crippen molar-refractivity contribution in [2.24, 2.45) is 5.10 Å². The van der Waals surface area contributed by atoms with E-state index in [0.717, 1.165) is 4.47 Å². The van der Waals surface area contributed by atoms with Crippen LogP contribution in [-0.2, 0) is 0 Å². The molecule has 0 saturated carbocycles. The summed E-state index contributed by atoms with van der Waals surface area (Å²) < 4.78 is 6.16. The predicted molar refractivity (Wildman–Crippen MR) is 114 cm³/mol. The molecule has 0 spiro atoms. The van der Waals surface area contributed by atoms with Crippen molar-refractivity contribution in [3.05, 3.63) is 104 Å². The first-order chi connectivity index (χ1) is 14.4. The third kappa shape index (κ3) is 5.36. The van der Waals surface area contributed by atoms with E-state index in [1.807, 2.05) is 0 Å². The lowest BCUT2D eigenvalue weighted by Crippen LogP contribution is -2.18. The number of halogens is 1. The third-order valence-electron chi connectivity index (χ3n) is 3.90. The molecular weight excluding hydrogens is 454 g/mol. The SMILES string of the molecule is O=C(Oc1ccc(/C=N\NC(=O)c2ccccc2[N+](=O)[O-])cc1)c1ccc(Br)cc1. The van der Waals surface area contributed by atoms with Gasteiger partial charge in [-0.3, -0.25) is 14.9 Å². The number of nitrogens with one attached hydrogen (secondary N) is 1. The molecule has 0 aliphatic rings. The summed E-state index contributed by atoms with van der Waals surface area (Å²) in [5.41, 5.74) is 2.91. The Labute approximate surface area is 179 Å². The molecule has 3 aromatic carbocycles. The van der Waals surface area contributed by atoms with Gasteiger partial charge in [-0.25, -0.2) is 10.2 Å². The second-order valence-corrected chi connectivity index (χ2v) is 6.85. The molecule has 3 rings (SSSR count). The molecule has 1 amide bonds. The molecule has 0 saturated heterocycles. The van der Waals surface area contributed by atoms with E-state index < -0.39 is 16.8 Å². The molecule has 150 valence electrons. The van der Waals surface area contributed by atoms with E-state index in [1.165, 1.54) is 30.5 Å². The molecular formula is C21H14BrN3O5. The Morgan fingerprint density at radius 3 is 2.33 bits per heavy atom. The largest absolute Gasteiger partial charge is 0.423 e. The van der Waals surface area contributed by atoms with Gasteiger partial charge in [-0.05, 0) is 60.2 Å². The van der Waals surface area contributed by atoms with Gasteiger partial charge >= 0.3 is 5.97 Å². The zero-order valence-electron chi connectivity index (χ0n) is 15.3. The van der Waals surface area contributed by atoms with Crippen LogP contribution in [0.15, 0.2) is 82.4 Å². The molecule has 0 bridgehead atoms. The maximum atomic E-state index is 12.1. The predicted octanol–water partition coefficient (Wildman–Crippen LogP) is 4.34. The lowest BCUT2D eigenvalue weighted by atomic mass is 10.2. The van der Waals surface area contributed by atoms with E-state index in [-0.39, 0.29) is 11.3 Å². The fraction of sp³-hybridized carbons (Fsp3) is 0. The van der Waals surface area contributed by atoms with Crippen LogP contribution in [-0.4, -0.2) is 23.0 Å². The van der Waals surface area contributed by atoms with Gasteiger partial charge in [0.15, 0.2) is 0 Å². The van der Waals surface area contributed by atoms with Crippen LogP contribution in [0, 0.1) is 10.1 Å². The average molecular weight is 468 g/mol. The second kappa shape index (κ2) is 9.57. The van der Waals surface area contributed by atoms with Crippen molar-refractivity contribution in [1.29, 1.82) is 0 Å². The van der Waals surface area contributed by atoms with Crippen LogP contribution in [0.3, 0.4) is 0 Å². The number of amides is 1. The van der Waals surface area contributed by atoms with Gasteiger partial charge in [0.2, 0.25) is 0 Å². The molecule has 0 radical (unpaired) electrons. The van der Waals surface area contributed by atoms with Crippen LogP contribution in [0.4, 0.5) is 5.69 Å². The van der Waals surface area contributed by atoms with Crippen LogP contribution in [0.5, 0.6) is 5.75 Å². The third-order valence-corrected chi connectivity index (χ3v) is 4.42. The minimum atomic E-state index is -0.696. The van der Waals surface area contributed by atoms with Crippen LogP contribution in [0.2, 0.25) is 0 Å². The van der Waals surface area contributed by atoms with Crippen molar-refractivity contribution in [1.82, 2.24) is 5.43 Å². The number of hydrogen-bond acceptors (Lipinski definition) is 6. The molecule has 3 aromatic rings. The van der Waals surface area contributed by atoms with Crippen molar-refractivity contribution < 1.29 is 19.2 Å². The lowest BCUT2D eigenvalue weighted by Gasteiger charge is -2.05. The van der Waals surface area contributed by atoms with E-state index in [2.05, 4.69) is 26.5 Å². The number of carbonyl (C=O) groups excluding carboxylic acids is 2. The van der Waals surface area contributed by atoms with Gasteiger partial charge in [-0.1, -0.05) is 28.1 Å². The number of carbonyl (C=O) groups is 2. The van der Waals surface area contributed by atoms with Crippen LogP contribution in [0.1, 0.15) is 26.3 Å². The lowest BCUT2D eigenvalue weighted by molar-refractivity contribution is -0.385. The zero-order chi connectivity index (χ0) is 21.5. The normalized spacial score (nSPS) is 10.6. The van der Waals surface area contributed by atoms with E-state index in [9.17, 15) is 19.7 Å². The smallest absolute Gasteiger partial charge is 0.343 e. The molecule has 9 heteroatoms. The fourth-order valence-electron chi connectivity index (χ4n) is 2.42. The summed E-state index contributed by atoms with van der Waals surface area (Å²) in [6.07, 6.45) is 1.37. The zero-order valence-corrected chi connectivity index (χ0v) is 16.9. The van der Waals surface area contributed by atoms with Crippen LogP contribution in [0.25, 0.3) is 0 Å². The molecule has 30 heavy (non-hydrogen) atoms. The Bertz CT molecular complexity index is 1110. The number of nitro groups is 1. The van der Waals surface area contributed by atoms with Gasteiger partial charge < -0.3 is 4.74 Å². The summed E-state index contributed by atoms with van der Waals surface area (Å²) in [6, 6.07) is 18.8. The highest BCUT2D eigenvalue weighted by molar-refractivity contribution is 9.10. The number of esters is 1. The van der Waals surface area contributed by atoms with Crippen LogP contribution < -0.4 is 10.2 Å².